The molecule has 0 heterocycles. The molecule has 0 unspecified atom stereocenters. The zero-order valence-electron chi connectivity index (χ0n) is 10.2. The van der Waals surface area contributed by atoms with Crippen molar-refractivity contribution in [3.05, 3.63) is 29.8 Å². The van der Waals surface area contributed by atoms with Crippen LogP contribution in [0.15, 0.2) is 29.2 Å². The van der Waals surface area contributed by atoms with Crippen LogP contribution >= 0.6 is 11.8 Å². The fraction of sp³-hybridized carbons (Fsp3) is 0.385. The second-order valence-electron chi connectivity index (χ2n) is 2.61. The lowest BCUT2D eigenvalue weighted by Crippen LogP contribution is -1.85. The van der Waals surface area contributed by atoms with Crippen LogP contribution in [0.5, 0.6) is 5.75 Å². The van der Waals surface area contributed by atoms with Crippen LogP contribution < -0.4 is 4.74 Å². The van der Waals surface area contributed by atoms with E-state index in [-0.39, 0.29) is 0 Å². The van der Waals surface area contributed by atoms with E-state index in [0.29, 0.717) is 0 Å². The molecule has 15 heavy (non-hydrogen) atoms. The predicted molar refractivity (Wildman–Crippen MR) is 70.8 cm³/mol. The largest absolute Gasteiger partial charge is 0.497 e. The Balaban J connectivity index is 0.000000921. The molecule has 0 aliphatic carbocycles. The molecule has 0 spiro atoms. The summed E-state index contributed by atoms with van der Waals surface area (Å²) < 4.78 is 5.15. The number of thioether (sulfide) groups is 1. The first kappa shape index (κ1) is 14.1. The summed E-state index contributed by atoms with van der Waals surface area (Å²) in [5.74, 6) is 0.914. The number of hydrogen-bond acceptors (Lipinski definition) is 2. The van der Waals surface area contributed by atoms with E-state index in [9.17, 15) is 0 Å². The molecule has 0 atom stereocenters. The van der Waals surface area contributed by atoms with E-state index in [0.717, 1.165) is 5.75 Å². The molecule has 1 aromatic carbocycles. The average molecular weight is 224 g/mol. The highest BCUT2D eigenvalue weighted by Gasteiger charge is 1.99. The van der Waals surface area contributed by atoms with Crippen LogP contribution in [-0.2, 0) is 0 Å². The molecule has 84 valence electrons. The Bertz CT molecular complexity index is 305. The van der Waals surface area contributed by atoms with E-state index >= 15 is 0 Å². The van der Waals surface area contributed by atoms with Gasteiger partial charge in [-0.3, -0.25) is 0 Å². The third-order valence-electron chi connectivity index (χ3n) is 1.79. The lowest BCUT2D eigenvalue weighted by Gasteiger charge is -2.05. The van der Waals surface area contributed by atoms with Gasteiger partial charge in [0, 0.05) is 4.90 Å². The third-order valence-corrected chi connectivity index (χ3v) is 2.58. The number of methoxy groups -OCH3 is 1. The first-order valence-electron chi connectivity index (χ1n) is 5.16. The lowest BCUT2D eigenvalue weighted by molar-refractivity contribution is 0.413. The van der Waals surface area contributed by atoms with Crippen molar-refractivity contribution in [1.82, 2.24) is 0 Å². The molecule has 0 fully saturated rings. The first-order valence-corrected chi connectivity index (χ1v) is 6.39. The van der Waals surface area contributed by atoms with Gasteiger partial charge < -0.3 is 4.74 Å². The van der Waals surface area contributed by atoms with E-state index in [1.807, 2.05) is 32.9 Å². The van der Waals surface area contributed by atoms with E-state index in [4.69, 9.17) is 4.74 Å². The van der Waals surface area contributed by atoms with Gasteiger partial charge in [-0.2, -0.15) is 0 Å². The molecular formula is C13H20OS. The molecular weight excluding hydrogens is 204 g/mol. The Morgan fingerprint density at radius 1 is 1.27 bits per heavy atom. The molecule has 0 aromatic heterocycles. The van der Waals surface area contributed by atoms with Crippen molar-refractivity contribution in [2.45, 2.75) is 25.7 Å². The maximum atomic E-state index is 5.15. The van der Waals surface area contributed by atoms with Crippen LogP contribution in [0.2, 0.25) is 0 Å². The summed E-state index contributed by atoms with van der Waals surface area (Å²) in [6, 6.07) is 6.11. The molecule has 0 radical (unpaired) electrons. The van der Waals surface area contributed by atoms with Crippen molar-refractivity contribution in [2.24, 2.45) is 0 Å². The quantitative estimate of drug-likeness (QED) is 0.700. The monoisotopic (exact) mass is 224 g/mol. The maximum absolute atomic E-state index is 5.15. The molecule has 0 aliphatic heterocycles. The van der Waals surface area contributed by atoms with Gasteiger partial charge in [0.15, 0.2) is 0 Å². The van der Waals surface area contributed by atoms with E-state index in [1.165, 1.54) is 10.5 Å². The smallest absolute Gasteiger partial charge is 0.120 e. The Hall–Kier alpha value is -0.890. The zero-order chi connectivity index (χ0) is 11.7. The molecule has 0 aliphatic rings. The van der Waals surface area contributed by atoms with Crippen LogP contribution in [0.3, 0.4) is 0 Å². The van der Waals surface area contributed by atoms with Gasteiger partial charge in [-0.05, 0) is 30.9 Å². The lowest BCUT2D eigenvalue weighted by atomic mass is 10.2. The van der Waals surface area contributed by atoms with Gasteiger partial charge in [-0.15, -0.1) is 11.8 Å². The van der Waals surface area contributed by atoms with Crippen LogP contribution in [0.4, 0.5) is 0 Å². The van der Waals surface area contributed by atoms with Gasteiger partial charge in [0.25, 0.3) is 0 Å². The Labute approximate surface area is 97.5 Å². The predicted octanol–water partition coefficient (Wildman–Crippen LogP) is 4.48. The van der Waals surface area contributed by atoms with Gasteiger partial charge in [0.2, 0.25) is 0 Å². The molecule has 0 bridgehead atoms. The highest BCUT2D eigenvalue weighted by molar-refractivity contribution is 7.98. The SMILES string of the molecule is C/C=C/c1ccc(OC)cc1SC.CC. The van der Waals surface area contributed by atoms with Crippen LogP contribution in [0, 0.1) is 0 Å². The van der Waals surface area contributed by atoms with Crippen molar-refractivity contribution in [2.75, 3.05) is 13.4 Å². The Kier molecular flexibility index (Phi) is 7.92. The second kappa shape index (κ2) is 8.42. The third kappa shape index (κ3) is 4.43. The molecule has 1 rings (SSSR count). The fourth-order valence-electron chi connectivity index (χ4n) is 1.14. The summed E-state index contributed by atoms with van der Waals surface area (Å²) in [4.78, 5) is 1.25. The van der Waals surface area contributed by atoms with Crippen molar-refractivity contribution in [3.63, 3.8) is 0 Å². The number of rotatable bonds is 3. The highest BCUT2D eigenvalue weighted by Crippen LogP contribution is 2.26. The van der Waals surface area contributed by atoms with Gasteiger partial charge in [-0.1, -0.05) is 32.1 Å². The number of ether oxygens (including phenoxy) is 1. The fourth-order valence-corrected chi connectivity index (χ4v) is 1.74. The highest BCUT2D eigenvalue weighted by atomic mass is 32.2. The summed E-state index contributed by atoms with van der Waals surface area (Å²) in [6.07, 6.45) is 6.22. The number of hydrogen-bond donors (Lipinski definition) is 0. The van der Waals surface area contributed by atoms with Crippen molar-refractivity contribution < 1.29 is 4.74 Å². The summed E-state index contributed by atoms with van der Waals surface area (Å²) in [5, 5.41) is 0. The van der Waals surface area contributed by atoms with E-state index < -0.39 is 0 Å². The summed E-state index contributed by atoms with van der Waals surface area (Å²) in [7, 11) is 1.69. The molecule has 0 saturated carbocycles. The number of benzene rings is 1. The average Bonchev–Trinajstić information content (AvgIpc) is 2.32. The van der Waals surface area contributed by atoms with Crippen LogP contribution in [0.25, 0.3) is 6.08 Å². The second-order valence-corrected chi connectivity index (χ2v) is 3.46. The summed E-state index contributed by atoms with van der Waals surface area (Å²) in [6.45, 7) is 6.02. The van der Waals surface area contributed by atoms with Crippen molar-refractivity contribution >= 4 is 17.8 Å². The molecule has 0 N–H and O–H groups in total. The van der Waals surface area contributed by atoms with Gasteiger partial charge >= 0.3 is 0 Å². The zero-order valence-corrected chi connectivity index (χ0v) is 11.0. The molecule has 0 amide bonds. The van der Waals surface area contributed by atoms with Crippen LogP contribution in [0.1, 0.15) is 26.3 Å². The minimum Gasteiger partial charge on any atom is -0.497 e. The van der Waals surface area contributed by atoms with E-state index in [2.05, 4.69) is 24.5 Å². The Morgan fingerprint density at radius 3 is 2.40 bits per heavy atom. The minimum atomic E-state index is 0.914. The van der Waals surface area contributed by atoms with Crippen molar-refractivity contribution in [3.8, 4) is 5.75 Å². The molecule has 1 aromatic rings. The normalized spacial score (nSPS) is 9.67. The summed E-state index contributed by atoms with van der Waals surface area (Å²) in [5.41, 5.74) is 1.25. The molecule has 0 saturated heterocycles. The van der Waals surface area contributed by atoms with Crippen molar-refractivity contribution in [1.29, 1.82) is 0 Å². The molecule has 1 nitrogen and oxygen atoms in total. The first-order chi connectivity index (χ1) is 7.31. The van der Waals surface area contributed by atoms with Crippen LogP contribution in [-0.4, -0.2) is 13.4 Å². The Morgan fingerprint density at radius 2 is 1.93 bits per heavy atom. The van der Waals surface area contributed by atoms with E-state index in [1.54, 1.807) is 18.9 Å². The topological polar surface area (TPSA) is 9.23 Å². The standard InChI is InChI=1S/C11H14OS.C2H6/c1-4-5-9-6-7-10(12-2)8-11(9)13-3;1-2/h4-8H,1-3H3;1-2H3/b5-4+;. The minimum absolute atomic E-state index is 0.914. The maximum Gasteiger partial charge on any atom is 0.120 e. The molecule has 2 heteroatoms. The van der Waals surface area contributed by atoms with Gasteiger partial charge in [0.1, 0.15) is 5.75 Å². The summed E-state index contributed by atoms with van der Waals surface area (Å²) >= 11 is 1.73. The van der Waals surface area contributed by atoms with Gasteiger partial charge in [-0.25, -0.2) is 0 Å². The number of allylic oxidation sites excluding steroid dienone is 1. The van der Waals surface area contributed by atoms with Gasteiger partial charge in [0.05, 0.1) is 7.11 Å².